The molecule has 0 aliphatic heterocycles. The number of H-pyrrole nitrogens is 1. The van der Waals surface area contributed by atoms with Crippen molar-refractivity contribution in [3.63, 3.8) is 0 Å². The van der Waals surface area contributed by atoms with E-state index in [1.807, 2.05) is 0 Å². The third-order valence-electron chi connectivity index (χ3n) is 2.72. The molecule has 1 aromatic carbocycles. The molecular weight excluding hydrogens is 194 g/mol. The van der Waals surface area contributed by atoms with Gasteiger partial charge < -0.3 is 4.98 Å². The molecule has 0 fully saturated rings. The summed E-state index contributed by atoms with van der Waals surface area (Å²) < 4.78 is 0. The Morgan fingerprint density at radius 3 is 2.19 bits per heavy atom. The van der Waals surface area contributed by atoms with Gasteiger partial charge in [-0.25, -0.2) is 0 Å². The Kier molecular flexibility index (Phi) is 2.95. The highest BCUT2D eigenvalue weighted by Crippen LogP contribution is 2.14. The van der Waals surface area contributed by atoms with Crippen LogP contribution in [0, 0.1) is 20.8 Å². The van der Waals surface area contributed by atoms with Crippen molar-refractivity contribution in [3.8, 4) is 0 Å². The van der Waals surface area contributed by atoms with Crippen LogP contribution in [-0.2, 0) is 0 Å². The molecule has 0 bridgehead atoms. The Hall–Kier alpha value is -1.76. The monoisotopic (exact) mass is 211 g/mol. The van der Waals surface area contributed by atoms with E-state index in [4.69, 9.17) is 0 Å². The predicted octanol–water partition coefficient (Wildman–Crippen LogP) is 4.11. The highest BCUT2D eigenvalue weighted by molar-refractivity contribution is 5.71. The molecule has 1 heteroatoms. The Bertz CT molecular complexity index is 501. The molecule has 16 heavy (non-hydrogen) atoms. The average molecular weight is 211 g/mol. The maximum Gasteiger partial charge on any atom is 0.0191 e. The normalized spacial score (nSPS) is 11.2. The Morgan fingerprint density at radius 1 is 0.938 bits per heavy atom. The van der Waals surface area contributed by atoms with E-state index in [0.29, 0.717) is 0 Å². The number of aromatic amines is 1. The van der Waals surface area contributed by atoms with Gasteiger partial charge in [-0.2, -0.15) is 0 Å². The van der Waals surface area contributed by atoms with Crippen molar-refractivity contribution in [3.05, 3.63) is 58.4 Å². The maximum atomic E-state index is 3.30. The van der Waals surface area contributed by atoms with Crippen molar-refractivity contribution < 1.29 is 0 Å². The SMILES string of the molecule is Cc1ccc(/C=C/c2cc(C)[nH]c2C)cc1. The molecular formula is C15H17N. The molecule has 1 heterocycles. The maximum absolute atomic E-state index is 3.30. The number of aryl methyl sites for hydroxylation is 3. The number of rotatable bonds is 2. The van der Waals surface area contributed by atoms with Crippen LogP contribution in [0.3, 0.4) is 0 Å². The summed E-state index contributed by atoms with van der Waals surface area (Å²) >= 11 is 0. The zero-order valence-corrected chi connectivity index (χ0v) is 10.0. The lowest BCUT2D eigenvalue weighted by Crippen LogP contribution is -1.75. The lowest BCUT2D eigenvalue weighted by molar-refractivity contribution is 1.19. The van der Waals surface area contributed by atoms with Crippen LogP contribution < -0.4 is 0 Å². The standard InChI is InChI=1S/C15H17N/c1-11-4-6-14(7-5-11)8-9-15-10-12(2)16-13(15)3/h4-10,16H,1-3H3/b9-8+. The van der Waals surface area contributed by atoms with E-state index >= 15 is 0 Å². The minimum Gasteiger partial charge on any atom is -0.362 e. The summed E-state index contributed by atoms with van der Waals surface area (Å²) in [5.74, 6) is 0. The number of hydrogen-bond acceptors (Lipinski definition) is 0. The van der Waals surface area contributed by atoms with Gasteiger partial charge in [0.15, 0.2) is 0 Å². The van der Waals surface area contributed by atoms with E-state index in [2.05, 4.69) is 68.2 Å². The minimum absolute atomic E-state index is 1.21. The van der Waals surface area contributed by atoms with Crippen LogP contribution >= 0.6 is 0 Å². The zero-order valence-electron chi connectivity index (χ0n) is 10.0. The summed E-state index contributed by atoms with van der Waals surface area (Å²) in [6.07, 6.45) is 4.30. The van der Waals surface area contributed by atoms with Crippen LogP contribution in [0.1, 0.15) is 28.1 Å². The number of hydrogen-bond donors (Lipinski definition) is 1. The highest BCUT2D eigenvalue weighted by Gasteiger charge is 1.97. The van der Waals surface area contributed by atoms with E-state index in [9.17, 15) is 0 Å². The molecule has 0 unspecified atom stereocenters. The van der Waals surface area contributed by atoms with Crippen molar-refractivity contribution in [2.45, 2.75) is 20.8 Å². The van der Waals surface area contributed by atoms with Gasteiger partial charge in [0.1, 0.15) is 0 Å². The molecule has 0 spiro atoms. The molecule has 0 saturated heterocycles. The van der Waals surface area contributed by atoms with Gasteiger partial charge in [-0.3, -0.25) is 0 Å². The highest BCUT2D eigenvalue weighted by atomic mass is 14.7. The predicted molar refractivity (Wildman–Crippen MR) is 70.4 cm³/mol. The van der Waals surface area contributed by atoms with Crippen LogP contribution in [0.2, 0.25) is 0 Å². The third-order valence-corrected chi connectivity index (χ3v) is 2.72. The van der Waals surface area contributed by atoms with Crippen LogP contribution in [-0.4, -0.2) is 4.98 Å². The molecule has 0 aliphatic rings. The van der Waals surface area contributed by atoms with Gasteiger partial charge in [-0.1, -0.05) is 42.0 Å². The summed E-state index contributed by atoms with van der Waals surface area (Å²) in [6, 6.07) is 10.7. The van der Waals surface area contributed by atoms with Crippen molar-refractivity contribution >= 4 is 12.2 Å². The molecule has 0 saturated carbocycles. The first-order valence-corrected chi connectivity index (χ1v) is 5.56. The molecule has 0 radical (unpaired) electrons. The summed E-state index contributed by atoms with van der Waals surface area (Å²) in [7, 11) is 0. The fourth-order valence-corrected chi connectivity index (χ4v) is 1.78. The van der Waals surface area contributed by atoms with E-state index < -0.39 is 0 Å². The fourth-order valence-electron chi connectivity index (χ4n) is 1.78. The molecule has 2 rings (SSSR count). The minimum atomic E-state index is 1.21. The Morgan fingerprint density at radius 2 is 1.62 bits per heavy atom. The van der Waals surface area contributed by atoms with E-state index in [1.165, 1.54) is 28.1 Å². The summed E-state index contributed by atoms with van der Waals surface area (Å²) in [5.41, 5.74) is 6.23. The Labute approximate surface area is 96.8 Å². The van der Waals surface area contributed by atoms with Crippen molar-refractivity contribution in [1.82, 2.24) is 4.98 Å². The van der Waals surface area contributed by atoms with Crippen molar-refractivity contribution in [2.24, 2.45) is 0 Å². The lowest BCUT2D eigenvalue weighted by Gasteiger charge is -1.95. The first kappa shape index (κ1) is 10.7. The van der Waals surface area contributed by atoms with E-state index in [-0.39, 0.29) is 0 Å². The second kappa shape index (κ2) is 4.40. The van der Waals surface area contributed by atoms with Crippen LogP contribution in [0.15, 0.2) is 30.3 Å². The molecule has 1 N–H and O–H groups in total. The Balaban J connectivity index is 2.21. The molecule has 1 aromatic heterocycles. The van der Waals surface area contributed by atoms with Crippen LogP contribution in [0.5, 0.6) is 0 Å². The molecule has 0 aliphatic carbocycles. The van der Waals surface area contributed by atoms with Gasteiger partial charge in [0.2, 0.25) is 0 Å². The fraction of sp³-hybridized carbons (Fsp3) is 0.200. The van der Waals surface area contributed by atoms with Gasteiger partial charge in [0.25, 0.3) is 0 Å². The quantitative estimate of drug-likeness (QED) is 0.769. The molecule has 82 valence electrons. The van der Waals surface area contributed by atoms with Gasteiger partial charge in [-0.05, 0) is 38.0 Å². The van der Waals surface area contributed by atoms with E-state index in [0.717, 1.165) is 0 Å². The van der Waals surface area contributed by atoms with Gasteiger partial charge in [0, 0.05) is 11.4 Å². The largest absolute Gasteiger partial charge is 0.362 e. The second-order valence-corrected chi connectivity index (χ2v) is 4.28. The smallest absolute Gasteiger partial charge is 0.0191 e. The summed E-state index contributed by atoms with van der Waals surface area (Å²) in [5, 5.41) is 0. The van der Waals surface area contributed by atoms with Crippen molar-refractivity contribution in [1.29, 1.82) is 0 Å². The number of nitrogens with one attached hydrogen (secondary N) is 1. The van der Waals surface area contributed by atoms with Crippen molar-refractivity contribution in [2.75, 3.05) is 0 Å². The molecule has 0 amide bonds. The first-order chi connectivity index (χ1) is 7.65. The lowest BCUT2D eigenvalue weighted by atomic mass is 10.1. The van der Waals surface area contributed by atoms with Crippen LogP contribution in [0.4, 0.5) is 0 Å². The topological polar surface area (TPSA) is 15.8 Å². The molecule has 0 atom stereocenters. The van der Waals surface area contributed by atoms with Crippen LogP contribution in [0.25, 0.3) is 12.2 Å². The zero-order chi connectivity index (χ0) is 11.5. The third kappa shape index (κ3) is 2.43. The first-order valence-electron chi connectivity index (χ1n) is 5.56. The summed E-state index contributed by atoms with van der Waals surface area (Å²) in [6.45, 7) is 6.28. The van der Waals surface area contributed by atoms with Gasteiger partial charge in [-0.15, -0.1) is 0 Å². The average Bonchev–Trinajstić information content (AvgIpc) is 2.57. The second-order valence-electron chi connectivity index (χ2n) is 4.28. The van der Waals surface area contributed by atoms with E-state index in [1.54, 1.807) is 0 Å². The number of aromatic nitrogens is 1. The van der Waals surface area contributed by atoms with Gasteiger partial charge >= 0.3 is 0 Å². The molecule has 1 nitrogen and oxygen atoms in total. The summed E-state index contributed by atoms with van der Waals surface area (Å²) in [4.78, 5) is 3.30. The molecule has 2 aromatic rings. The number of benzene rings is 1. The van der Waals surface area contributed by atoms with Gasteiger partial charge in [0.05, 0.1) is 0 Å².